The topological polar surface area (TPSA) is 78.3 Å². The number of ether oxygens (including phenoxy) is 1. The summed E-state index contributed by atoms with van der Waals surface area (Å²) in [4.78, 5) is 18.4. The molecule has 2 heterocycles. The number of nitriles is 1. The van der Waals surface area contributed by atoms with Crippen LogP contribution in [0.15, 0.2) is 78.6 Å². The fraction of sp³-hybridized carbons (Fsp3) is 0.222. The number of carbonyl (C=O) groups is 1. The van der Waals surface area contributed by atoms with Gasteiger partial charge in [-0.3, -0.25) is 14.7 Å². The van der Waals surface area contributed by atoms with Gasteiger partial charge in [0.15, 0.2) is 0 Å². The number of nitrogens with zero attached hydrogens (tertiary/aromatic N) is 3. The summed E-state index contributed by atoms with van der Waals surface area (Å²) in [5.74, 6) is -1.01. The molecule has 0 fully saturated rings. The molecule has 0 aliphatic carbocycles. The molecule has 0 saturated carbocycles. The Bertz CT molecular complexity index is 1440. The van der Waals surface area contributed by atoms with Crippen molar-refractivity contribution < 1.29 is 35.9 Å². The first kappa shape index (κ1) is 27.5. The van der Waals surface area contributed by atoms with Crippen molar-refractivity contribution in [3.05, 3.63) is 101 Å². The molecule has 0 spiro atoms. The van der Waals surface area contributed by atoms with Crippen LogP contribution in [0.4, 0.5) is 32.0 Å². The van der Waals surface area contributed by atoms with E-state index in [2.05, 4.69) is 15.0 Å². The van der Waals surface area contributed by atoms with Crippen LogP contribution in [0.1, 0.15) is 42.3 Å². The molecule has 2 aromatic carbocycles. The predicted molar refractivity (Wildman–Crippen MR) is 128 cm³/mol. The van der Waals surface area contributed by atoms with Crippen LogP contribution >= 0.6 is 0 Å². The van der Waals surface area contributed by atoms with Gasteiger partial charge in [0, 0.05) is 11.9 Å². The molecule has 1 N–H and O–H groups in total. The molecule has 6 nitrogen and oxygen atoms in total. The average Bonchev–Trinajstić information content (AvgIpc) is 3.18. The fourth-order valence-corrected chi connectivity index (χ4v) is 4.12. The number of benzene rings is 2. The maximum Gasteiger partial charge on any atom is 0.573 e. The van der Waals surface area contributed by atoms with Crippen molar-refractivity contribution >= 4 is 11.6 Å². The molecule has 39 heavy (non-hydrogen) atoms. The van der Waals surface area contributed by atoms with E-state index in [0.717, 1.165) is 24.4 Å². The summed E-state index contributed by atoms with van der Waals surface area (Å²) in [6.07, 6.45) is -6.84. The Morgan fingerprint density at radius 2 is 1.69 bits per heavy atom. The van der Waals surface area contributed by atoms with E-state index in [9.17, 15) is 36.4 Å². The molecule has 202 valence electrons. The first-order valence-electron chi connectivity index (χ1n) is 11.4. The normalized spacial score (nSPS) is 16.1. The summed E-state index contributed by atoms with van der Waals surface area (Å²) >= 11 is 0. The summed E-state index contributed by atoms with van der Waals surface area (Å²) in [5, 5.41) is 12.4. The summed E-state index contributed by atoms with van der Waals surface area (Å²) in [7, 11) is 0. The van der Waals surface area contributed by atoms with E-state index in [4.69, 9.17) is 0 Å². The maximum absolute atomic E-state index is 13.6. The smallest absolute Gasteiger partial charge is 0.406 e. The summed E-state index contributed by atoms with van der Waals surface area (Å²) < 4.78 is 80.5. The van der Waals surface area contributed by atoms with Gasteiger partial charge in [0.05, 0.1) is 28.9 Å². The molecule has 1 aliphatic rings. The zero-order valence-corrected chi connectivity index (χ0v) is 20.4. The van der Waals surface area contributed by atoms with Crippen LogP contribution in [0.5, 0.6) is 5.75 Å². The number of anilines is 1. The second-order valence-electron chi connectivity index (χ2n) is 9.16. The number of halogens is 6. The number of hydrogen-bond donors (Lipinski definition) is 1. The van der Waals surface area contributed by atoms with Gasteiger partial charge in [0.2, 0.25) is 0 Å². The predicted octanol–water partition coefficient (Wildman–Crippen LogP) is 6.37. The second-order valence-corrected chi connectivity index (χ2v) is 9.16. The Morgan fingerprint density at radius 1 is 1.00 bits per heavy atom. The van der Waals surface area contributed by atoms with Gasteiger partial charge in [-0.25, -0.2) is 0 Å². The van der Waals surface area contributed by atoms with Gasteiger partial charge >= 0.3 is 12.5 Å². The van der Waals surface area contributed by atoms with Crippen molar-refractivity contribution in [1.29, 1.82) is 5.26 Å². The van der Waals surface area contributed by atoms with Gasteiger partial charge in [-0.15, -0.1) is 13.2 Å². The van der Waals surface area contributed by atoms with Crippen molar-refractivity contribution in [2.24, 2.45) is 0 Å². The van der Waals surface area contributed by atoms with E-state index in [1.807, 2.05) is 6.07 Å². The van der Waals surface area contributed by atoms with Crippen molar-refractivity contribution in [2.45, 2.75) is 38.0 Å². The number of amides is 1. The third kappa shape index (κ3) is 6.14. The summed E-state index contributed by atoms with van der Waals surface area (Å²) in [6.45, 7) is 3.31. The lowest BCUT2D eigenvalue weighted by Gasteiger charge is -2.29. The minimum Gasteiger partial charge on any atom is -0.406 e. The Hall–Kier alpha value is -4.53. The highest BCUT2D eigenvalue weighted by molar-refractivity contribution is 6.09. The van der Waals surface area contributed by atoms with Crippen LogP contribution in [0.3, 0.4) is 0 Å². The van der Waals surface area contributed by atoms with Gasteiger partial charge in [-0.2, -0.15) is 18.4 Å². The van der Waals surface area contributed by atoms with Crippen LogP contribution < -0.4 is 15.0 Å². The molecule has 1 unspecified atom stereocenters. The highest BCUT2D eigenvalue weighted by Crippen LogP contribution is 2.38. The number of carbonyl (C=O) groups excluding carboxylic acids is 1. The van der Waals surface area contributed by atoms with Crippen molar-refractivity contribution in [3.63, 3.8) is 0 Å². The average molecular weight is 546 g/mol. The quantitative estimate of drug-likeness (QED) is 0.364. The van der Waals surface area contributed by atoms with Gasteiger partial charge < -0.3 is 10.1 Å². The first-order valence-corrected chi connectivity index (χ1v) is 11.4. The van der Waals surface area contributed by atoms with Crippen molar-refractivity contribution in [2.75, 3.05) is 4.90 Å². The molecule has 0 saturated heterocycles. The standard InChI is InChI=1S/C27H20F6N4O2/c1-25(2,18-6-11-23(35-15-18)26(28,29)30)36-21-13-22(17-5-3-4-16(12-17)14-34)37(24(21)38)19-7-9-20(10-8-19)39-27(31,32)33/h3-13,15,22,36H,1-2H3. The Balaban J connectivity index is 1.68. The Morgan fingerprint density at radius 3 is 2.26 bits per heavy atom. The van der Waals surface area contributed by atoms with E-state index in [0.29, 0.717) is 16.7 Å². The molecule has 1 amide bonds. The summed E-state index contributed by atoms with van der Waals surface area (Å²) in [5.41, 5.74) is -0.479. The molecule has 0 bridgehead atoms. The van der Waals surface area contributed by atoms with Crippen LogP contribution in [-0.4, -0.2) is 17.3 Å². The van der Waals surface area contributed by atoms with Gasteiger partial charge in [-0.05, 0) is 73.5 Å². The van der Waals surface area contributed by atoms with Gasteiger partial charge in [0.25, 0.3) is 5.91 Å². The highest BCUT2D eigenvalue weighted by atomic mass is 19.4. The number of alkyl halides is 6. The fourth-order valence-electron chi connectivity index (χ4n) is 4.12. The van der Waals surface area contributed by atoms with E-state index in [-0.39, 0.29) is 11.4 Å². The van der Waals surface area contributed by atoms with Crippen molar-refractivity contribution in [3.8, 4) is 11.8 Å². The lowest BCUT2D eigenvalue weighted by atomic mass is 9.95. The molecule has 3 aromatic rings. The summed E-state index contributed by atoms with van der Waals surface area (Å²) in [6, 6.07) is 14.6. The lowest BCUT2D eigenvalue weighted by Crippen LogP contribution is -2.40. The molecule has 4 rings (SSSR count). The molecule has 0 radical (unpaired) electrons. The largest absolute Gasteiger partial charge is 0.573 e. The highest BCUT2D eigenvalue weighted by Gasteiger charge is 2.38. The maximum atomic E-state index is 13.6. The zero-order chi connectivity index (χ0) is 28.6. The third-order valence-corrected chi connectivity index (χ3v) is 5.98. The number of pyridine rings is 1. The monoisotopic (exact) mass is 546 g/mol. The van der Waals surface area contributed by atoms with Crippen LogP contribution in [0, 0.1) is 11.3 Å². The van der Waals surface area contributed by atoms with Crippen LogP contribution in [-0.2, 0) is 16.5 Å². The van der Waals surface area contributed by atoms with E-state index in [1.165, 1.54) is 23.1 Å². The second kappa shape index (κ2) is 9.98. The van der Waals surface area contributed by atoms with Crippen LogP contribution in [0.25, 0.3) is 0 Å². The zero-order valence-electron chi connectivity index (χ0n) is 20.4. The Labute approximate surface area is 219 Å². The number of aromatic nitrogens is 1. The SMILES string of the molecule is CC(C)(NC1=CC(c2cccc(C#N)c2)N(c2ccc(OC(F)(F)F)cc2)C1=O)c1ccc(C(F)(F)F)nc1. The molecule has 1 aromatic heterocycles. The van der Waals surface area contributed by atoms with Crippen LogP contribution in [0.2, 0.25) is 0 Å². The van der Waals surface area contributed by atoms with Gasteiger partial charge in [-0.1, -0.05) is 18.2 Å². The van der Waals surface area contributed by atoms with Crippen molar-refractivity contribution in [1.82, 2.24) is 10.3 Å². The lowest BCUT2D eigenvalue weighted by molar-refractivity contribution is -0.274. The van der Waals surface area contributed by atoms with E-state index >= 15 is 0 Å². The molecule has 1 atom stereocenters. The number of nitrogens with one attached hydrogen (secondary N) is 1. The molecular formula is C27H20F6N4O2. The molecule has 12 heteroatoms. The number of rotatable bonds is 6. The van der Waals surface area contributed by atoms with E-state index < -0.39 is 41.5 Å². The molecular weight excluding hydrogens is 526 g/mol. The minimum atomic E-state index is -4.89. The Kier molecular flexibility index (Phi) is 7.04. The number of hydrogen-bond acceptors (Lipinski definition) is 5. The van der Waals surface area contributed by atoms with E-state index in [1.54, 1.807) is 44.2 Å². The minimum absolute atomic E-state index is 0.0999. The first-order chi connectivity index (χ1) is 18.2. The molecule has 1 aliphatic heterocycles. The third-order valence-electron chi connectivity index (χ3n) is 5.98. The van der Waals surface area contributed by atoms with Gasteiger partial charge in [0.1, 0.15) is 11.4 Å².